The molecule has 1 aromatic rings. The lowest BCUT2D eigenvalue weighted by atomic mass is 9.92. The van der Waals surface area contributed by atoms with Crippen molar-refractivity contribution in [3.05, 3.63) is 28.2 Å². The topological polar surface area (TPSA) is 18.5 Å². The summed E-state index contributed by atoms with van der Waals surface area (Å²) in [6.07, 6.45) is 2.25. The van der Waals surface area contributed by atoms with Crippen molar-refractivity contribution >= 4 is 15.9 Å². The van der Waals surface area contributed by atoms with E-state index in [1.807, 2.05) is 6.07 Å². The predicted octanol–water partition coefficient (Wildman–Crippen LogP) is 3.35. The Hall–Kier alpha value is -0.540. The Morgan fingerprint density at radius 3 is 2.67 bits per heavy atom. The maximum atomic E-state index is 5.36. The molecule has 82 valence electrons. The van der Waals surface area contributed by atoms with Gasteiger partial charge in [0.2, 0.25) is 0 Å². The fourth-order valence-electron chi connectivity index (χ4n) is 1.97. The third-order valence-corrected chi connectivity index (χ3v) is 3.49. The van der Waals surface area contributed by atoms with Gasteiger partial charge >= 0.3 is 0 Å². The van der Waals surface area contributed by atoms with Crippen LogP contribution in [0.4, 0.5) is 0 Å². The molecule has 0 aromatic heterocycles. The molecule has 0 bridgehead atoms. The summed E-state index contributed by atoms with van der Waals surface area (Å²) in [4.78, 5) is 0. The number of hydrogen-bond acceptors (Lipinski definition) is 2. The predicted molar refractivity (Wildman–Crippen MR) is 63.5 cm³/mol. The quantitative estimate of drug-likeness (QED) is 0.821. The first-order chi connectivity index (χ1) is 7.31. The van der Waals surface area contributed by atoms with Gasteiger partial charge in [-0.05, 0) is 52.4 Å². The Morgan fingerprint density at radius 2 is 2.07 bits per heavy atom. The Kier molecular flexibility index (Phi) is 3.65. The van der Waals surface area contributed by atoms with Crippen molar-refractivity contribution in [2.45, 2.75) is 18.8 Å². The van der Waals surface area contributed by atoms with E-state index < -0.39 is 0 Å². The summed E-state index contributed by atoms with van der Waals surface area (Å²) in [5.41, 5.74) is 1.38. The van der Waals surface area contributed by atoms with Gasteiger partial charge in [0, 0.05) is 13.2 Å². The van der Waals surface area contributed by atoms with Crippen LogP contribution in [0, 0.1) is 0 Å². The van der Waals surface area contributed by atoms with Crippen LogP contribution in [0.1, 0.15) is 24.3 Å². The molecule has 1 saturated heterocycles. The first-order valence-electron chi connectivity index (χ1n) is 5.22. The van der Waals surface area contributed by atoms with Crippen molar-refractivity contribution in [1.29, 1.82) is 0 Å². The molecule has 0 N–H and O–H groups in total. The molecule has 0 atom stereocenters. The second kappa shape index (κ2) is 4.99. The normalized spacial score (nSPS) is 17.7. The molecule has 0 saturated carbocycles. The molecular weight excluding hydrogens is 256 g/mol. The number of benzene rings is 1. The van der Waals surface area contributed by atoms with Crippen LogP contribution in [0.5, 0.6) is 5.75 Å². The first kappa shape index (κ1) is 11.0. The van der Waals surface area contributed by atoms with E-state index in [9.17, 15) is 0 Å². The fraction of sp³-hybridized carbons (Fsp3) is 0.500. The van der Waals surface area contributed by atoms with Crippen LogP contribution in [-0.4, -0.2) is 20.3 Å². The zero-order valence-corrected chi connectivity index (χ0v) is 10.4. The SMILES string of the molecule is COc1ccc(C2CCOCC2)cc1Br. The zero-order valence-electron chi connectivity index (χ0n) is 8.83. The molecule has 3 heteroatoms. The van der Waals surface area contributed by atoms with E-state index in [-0.39, 0.29) is 0 Å². The maximum absolute atomic E-state index is 5.36. The van der Waals surface area contributed by atoms with E-state index in [0.29, 0.717) is 5.92 Å². The molecule has 0 radical (unpaired) electrons. The van der Waals surface area contributed by atoms with Crippen LogP contribution in [0.2, 0.25) is 0 Å². The van der Waals surface area contributed by atoms with E-state index in [0.717, 1.165) is 36.3 Å². The standard InChI is InChI=1S/C12H15BrO2/c1-14-12-3-2-10(8-11(12)13)9-4-6-15-7-5-9/h2-3,8-9H,4-7H2,1H3. The number of hydrogen-bond donors (Lipinski definition) is 0. The van der Waals surface area contributed by atoms with Crippen molar-refractivity contribution < 1.29 is 9.47 Å². The second-order valence-electron chi connectivity index (χ2n) is 3.78. The molecule has 0 spiro atoms. The van der Waals surface area contributed by atoms with E-state index in [4.69, 9.17) is 9.47 Å². The van der Waals surface area contributed by atoms with Crippen molar-refractivity contribution in [1.82, 2.24) is 0 Å². The Bertz CT molecular complexity index is 332. The number of rotatable bonds is 2. The van der Waals surface area contributed by atoms with Gasteiger partial charge in [-0.25, -0.2) is 0 Å². The molecule has 1 aromatic carbocycles. The van der Waals surface area contributed by atoms with Crippen molar-refractivity contribution in [2.75, 3.05) is 20.3 Å². The minimum absolute atomic E-state index is 0.640. The molecule has 0 amide bonds. The van der Waals surface area contributed by atoms with E-state index in [2.05, 4.69) is 28.1 Å². The lowest BCUT2D eigenvalue weighted by molar-refractivity contribution is 0.0853. The maximum Gasteiger partial charge on any atom is 0.133 e. The minimum Gasteiger partial charge on any atom is -0.496 e. The first-order valence-corrected chi connectivity index (χ1v) is 6.01. The summed E-state index contributed by atoms with van der Waals surface area (Å²) >= 11 is 3.52. The van der Waals surface area contributed by atoms with Crippen LogP contribution >= 0.6 is 15.9 Å². The van der Waals surface area contributed by atoms with Gasteiger partial charge in [-0.3, -0.25) is 0 Å². The highest BCUT2D eigenvalue weighted by Crippen LogP contribution is 2.32. The lowest BCUT2D eigenvalue weighted by Crippen LogP contribution is -2.14. The van der Waals surface area contributed by atoms with Gasteiger partial charge in [0.05, 0.1) is 11.6 Å². The van der Waals surface area contributed by atoms with Gasteiger partial charge in [-0.2, -0.15) is 0 Å². The average molecular weight is 271 g/mol. The molecule has 1 fully saturated rings. The van der Waals surface area contributed by atoms with E-state index in [1.54, 1.807) is 7.11 Å². The van der Waals surface area contributed by atoms with E-state index >= 15 is 0 Å². The van der Waals surface area contributed by atoms with Crippen LogP contribution in [0.3, 0.4) is 0 Å². The smallest absolute Gasteiger partial charge is 0.133 e. The molecule has 2 rings (SSSR count). The second-order valence-corrected chi connectivity index (χ2v) is 4.63. The molecule has 0 aliphatic carbocycles. The highest BCUT2D eigenvalue weighted by atomic mass is 79.9. The molecule has 2 nitrogen and oxygen atoms in total. The van der Waals surface area contributed by atoms with E-state index in [1.165, 1.54) is 5.56 Å². The zero-order chi connectivity index (χ0) is 10.7. The third-order valence-electron chi connectivity index (χ3n) is 2.87. The number of ether oxygens (including phenoxy) is 2. The third kappa shape index (κ3) is 2.52. The van der Waals surface area contributed by atoms with Gasteiger partial charge in [0.15, 0.2) is 0 Å². The highest BCUT2D eigenvalue weighted by molar-refractivity contribution is 9.10. The average Bonchev–Trinajstić information content (AvgIpc) is 2.30. The Labute approximate surface area is 98.7 Å². The van der Waals surface area contributed by atoms with Crippen LogP contribution < -0.4 is 4.74 Å². The van der Waals surface area contributed by atoms with Gasteiger partial charge in [0.25, 0.3) is 0 Å². The summed E-state index contributed by atoms with van der Waals surface area (Å²) in [7, 11) is 1.69. The Balaban J connectivity index is 2.17. The fourth-order valence-corrected chi connectivity index (χ4v) is 2.53. The minimum atomic E-state index is 0.640. The molecule has 15 heavy (non-hydrogen) atoms. The molecule has 1 heterocycles. The highest BCUT2D eigenvalue weighted by Gasteiger charge is 2.16. The summed E-state index contributed by atoms with van der Waals surface area (Å²) < 4.78 is 11.6. The van der Waals surface area contributed by atoms with Crippen molar-refractivity contribution in [3.8, 4) is 5.75 Å². The Morgan fingerprint density at radius 1 is 1.33 bits per heavy atom. The summed E-state index contributed by atoms with van der Waals surface area (Å²) in [6.45, 7) is 1.77. The van der Waals surface area contributed by atoms with Gasteiger partial charge < -0.3 is 9.47 Å². The summed E-state index contributed by atoms with van der Waals surface area (Å²) in [6, 6.07) is 6.34. The van der Waals surface area contributed by atoms with Crippen LogP contribution in [0.25, 0.3) is 0 Å². The van der Waals surface area contributed by atoms with Crippen LogP contribution in [-0.2, 0) is 4.74 Å². The van der Waals surface area contributed by atoms with Crippen molar-refractivity contribution in [3.63, 3.8) is 0 Å². The molecule has 1 aliphatic rings. The lowest BCUT2D eigenvalue weighted by Gasteiger charge is -2.22. The largest absolute Gasteiger partial charge is 0.496 e. The van der Waals surface area contributed by atoms with Crippen molar-refractivity contribution in [2.24, 2.45) is 0 Å². The van der Waals surface area contributed by atoms with Crippen LogP contribution in [0.15, 0.2) is 22.7 Å². The molecule has 0 unspecified atom stereocenters. The summed E-state index contributed by atoms with van der Waals surface area (Å²) in [5.74, 6) is 1.53. The number of methoxy groups -OCH3 is 1. The molecular formula is C12H15BrO2. The van der Waals surface area contributed by atoms with Gasteiger partial charge in [0.1, 0.15) is 5.75 Å². The number of halogens is 1. The van der Waals surface area contributed by atoms with Gasteiger partial charge in [-0.15, -0.1) is 0 Å². The molecule has 1 aliphatic heterocycles. The monoisotopic (exact) mass is 270 g/mol. The summed E-state index contributed by atoms with van der Waals surface area (Å²) in [5, 5.41) is 0. The van der Waals surface area contributed by atoms with Gasteiger partial charge in [-0.1, -0.05) is 6.07 Å².